The summed E-state index contributed by atoms with van der Waals surface area (Å²) in [5.74, 6) is 0.714. The van der Waals surface area contributed by atoms with Crippen molar-refractivity contribution in [2.75, 3.05) is 13.1 Å². The second-order valence-electron chi connectivity index (χ2n) is 4.72. The second kappa shape index (κ2) is 5.71. The summed E-state index contributed by atoms with van der Waals surface area (Å²) in [5, 5.41) is 7.17. The molecule has 1 fully saturated rings. The highest BCUT2D eigenvalue weighted by Gasteiger charge is 2.14. The number of azide groups is 1. The fraction of sp³-hybridized carbons (Fsp3) is 0.538. The zero-order valence-corrected chi connectivity index (χ0v) is 10.2. The Balaban J connectivity index is 2.16. The van der Waals surface area contributed by atoms with Crippen LogP contribution in [0.25, 0.3) is 10.4 Å². The maximum atomic E-state index is 8.59. The summed E-state index contributed by atoms with van der Waals surface area (Å²) in [6.45, 7) is 4.23. The normalized spacial score (nSPS) is 16.5. The lowest BCUT2D eigenvalue weighted by Crippen LogP contribution is -2.28. The summed E-state index contributed by atoms with van der Waals surface area (Å²) in [6, 6.07) is 6.16. The lowest BCUT2D eigenvalue weighted by molar-refractivity contribution is 0.373. The predicted molar refractivity (Wildman–Crippen MR) is 69.3 cm³/mol. The lowest BCUT2D eigenvalue weighted by Gasteiger charge is -2.23. The van der Waals surface area contributed by atoms with Crippen LogP contribution in [0.2, 0.25) is 0 Å². The van der Waals surface area contributed by atoms with E-state index in [2.05, 4.69) is 27.5 Å². The molecule has 4 nitrogen and oxygen atoms in total. The van der Waals surface area contributed by atoms with Gasteiger partial charge in [0.2, 0.25) is 0 Å². The number of nitrogens with zero attached hydrogens (tertiary/aromatic N) is 3. The molecule has 1 aromatic rings. The number of hydrogen-bond donors (Lipinski definition) is 1. The molecule has 0 unspecified atom stereocenters. The molecule has 0 atom stereocenters. The van der Waals surface area contributed by atoms with Gasteiger partial charge in [-0.25, -0.2) is 0 Å². The van der Waals surface area contributed by atoms with Gasteiger partial charge in [-0.1, -0.05) is 22.8 Å². The predicted octanol–water partition coefficient (Wildman–Crippen LogP) is 3.48. The van der Waals surface area contributed by atoms with Gasteiger partial charge in [0.05, 0.1) is 0 Å². The summed E-state index contributed by atoms with van der Waals surface area (Å²) < 4.78 is 0. The molecule has 90 valence electrons. The summed E-state index contributed by atoms with van der Waals surface area (Å²) in [6.07, 6.45) is 3.45. The van der Waals surface area contributed by atoms with E-state index in [1.165, 1.54) is 18.4 Å². The van der Waals surface area contributed by atoms with Crippen molar-refractivity contribution < 1.29 is 0 Å². The fourth-order valence-corrected chi connectivity index (χ4v) is 2.38. The molecule has 0 amide bonds. The first-order valence-electron chi connectivity index (χ1n) is 6.15. The number of rotatable bonds is 3. The summed E-state index contributed by atoms with van der Waals surface area (Å²) in [5.41, 5.74) is 11.7. The van der Waals surface area contributed by atoms with E-state index >= 15 is 0 Å². The van der Waals surface area contributed by atoms with E-state index in [-0.39, 0.29) is 0 Å². The van der Waals surface area contributed by atoms with Crippen molar-refractivity contribution in [3.05, 3.63) is 39.8 Å². The zero-order chi connectivity index (χ0) is 12.1. The molecule has 2 rings (SSSR count). The molecule has 1 N–H and O–H groups in total. The van der Waals surface area contributed by atoms with E-state index in [1.54, 1.807) is 0 Å². The van der Waals surface area contributed by atoms with E-state index in [4.69, 9.17) is 5.53 Å². The molecule has 1 aliphatic rings. The molecule has 1 aromatic carbocycles. The largest absolute Gasteiger partial charge is 0.317 e. The van der Waals surface area contributed by atoms with Gasteiger partial charge in [-0.15, -0.1) is 0 Å². The molecule has 1 aliphatic heterocycles. The minimum Gasteiger partial charge on any atom is -0.317 e. The molecule has 0 aliphatic carbocycles. The lowest BCUT2D eigenvalue weighted by atomic mass is 9.90. The van der Waals surface area contributed by atoms with Crippen LogP contribution in [0, 0.1) is 12.8 Å². The molecule has 0 spiro atoms. The third kappa shape index (κ3) is 3.22. The van der Waals surface area contributed by atoms with Crippen molar-refractivity contribution in [3.63, 3.8) is 0 Å². The van der Waals surface area contributed by atoms with Gasteiger partial charge in [0.25, 0.3) is 0 Å². The standard InChI is InChI=1S/C13H18N4/c1-10-2-3-12(13(8-10)16-17-14)9-11-4-6-15-7-5-11/h2-3,8,11,15H,4-7,9H2,1H3. The van der Waals surface area contributed by atoms with Crippen LogP contribution in [-0.2, 0) is 6.42 Å². The number of piperidine rings is 1. The Kier molecular flexibility index (Phi) is 4.02. The Morgan fingerprint density at radius 3 is 2.88 bits per heavy atom. The van der Waals surface area contributed by atoms with E-state index in [0.29, 0.717) is 5.92 Å². The fourth-order valence-electron chi connectivity index (χ4n) is 2.38. The quantitative estimate of drug-likeness (QED) is 0.482. The van der Waals surface area contributed by atoms with Crippen molar-refractivity contribution in [1.29, 1.82) is 0 Å². The molecule has 17 heavy (non-hydrogen) atoms. The molecular formula is C13H18N4. The van der Waals surface area contributed by atoms with E-state index < -0.39 is 0 Å². The van der Waals surface area contributed by atoms with E-state index in [9.17, 15) is 0 Å². The molecule has 0 radical (unpaired) electrons. The van der Waals surface area contributed by atoms with Crippen LogP contribution in [0.15, 0.2) is 23.3 Å². The Hall–Kier alpha value is -1.51. The smallest absolute Gasteiger partial charge is 0.0410 e. The first-order valence-corrected chi connectivity index (χ1v) is 6.15. The molecule has 4 heteroatoms. The summed E-state index contributed by atoms with van der Waals surface area (Å²) in [7, 11) is 0. The molecule has 1 heterocycles. The third-order valence-corrected chi connectivity index (χ3v) is 3.36. The topological polar surface area (TPSA) is 60.8 Å². The molecule has 0 saturated carbocycles. The van der Waals surface area contributed by atoms with Crippen molar-refractivity contribution in [1.82, 2.24) is 5.32 Å². The highest BCUT2D eigenvalue weighted by atomic mass is 15.1. The number of aryl methyl sites for hydroxylation is 1. The second-order valence-corrected chi connectivity index (χ2v) is 4.72. The average Bonchev–Trinajstić information content (AvgIpc) is 2.34. The van der Waals surface area contributed by atoms with Gasteiger partial charge in [-0.2, -0.15) is 0 Å². The van der Waals surface area contributed by atoms with Crippen LogP contribution in [-0.4, -0.2) is 13.1 Å². The Labute approximate surface area is 102 Å². The van der Waals surface area contributed by atoms with Crippen LogP contribution < -0.4 is 5.32 Å². The van der Waals surface area contributed by atoms with Crippen molar-refractivity contribution >= 4 is 5.69 Å². The van der Waals surface area contributed by atoms with Crippen LogP contribution in [0.3, 0.4) is 0 Å². The third-order valence-electron chi connectivity index (χ3n) is 3.36. The number of nitrogens with one attached hydrogen (secondary N) is 1. The van der Waals surface area contributed by atoms with Crippen molar-refractivity contribution in [3.8, 4) is 0 Å². The maximum absolute atomic E-state index is 8.59. The van der Waals surface area contributed by atoms with Gasteiger partial charge >= 0.3 is 0 Å². The molecule has 0 aromatic heterocycles. The van der Waals surface area contributed by atoms with Crippen LogP contribution in [0.5, 0.6) is 0 Å². The Bertz CT molecular complexity index is 429. The number of benzene rings is 1. The van der Waals surface area contributed by atoms with Crippen LogP contribution >= 0.6 is 0 Å². The highest BCUT2D eigenvalue weighted by Crippen LogP contribution is 2.26. The zero-order valence-electron chi connectivity index (χ0n) is 10.2. The van der Waals surface area contributed by atoms with Crippen LogP contribution in [0.4, 0.5) is 5.69 Å². The highest BCUT2D eigenvalue weighted by molar-refractivity contribution is 5.48. The van der Waals surface area contributed by atoms with Gasteiger partial charge in [-0.05, 0) is 62.4 Å². The Morgan fingerprint density at radius 2 is 2.18 bits per heavy atom. The minimum atomic E-state index is 0.714. The summed E-state index contributed by atoms with van der Waals surface area (Å²) >= 11 is 0. The van der Waals surface area contributed by atoms with Crippen LogP contribution in [0.1, 0.15) is 24.0 Å². The monoisotopic (exact) mass is 230 g/mol. The van der Waals surface area contributed by atoms with E-state index in [0.717, 1.165) is 30.8 Å². The van der Waals surface area contributed by atoms with Gasteiger partial charge in [0.15, 0.2) is 0 Å². The molecular weight excluding hydrogens is 212 g/mol. The van der Waals surface area contributed by atoms with Gasteiger partial charge in [0.1, 0.15) is 0 Å². The number of hydrogen-bond acceptors (Lipinski definition) is 2. The van der Waals surface area contributed by atoms with E-state index in [1.807, 2.05) is 13.0 Å². The minimum absolute atomic E-state index is 0.714. The first-order chi connectivity index (χ1) is 8.29. The molecule has 0 bridgehead atoms. The average molecular weight is 230 g/mol. The SMILES string of the molecule is Cc1ccc(CC2CCNCC2)c(N=[N+]=[N-])c1. The van der Waals surface area contributed by atoms with Gasteiger partial charge < -0.3 is 5.32 Å². The summed E-state index contributed by atoms with van der Waals surface area (Å²) in [4.78, 5) is 2.91. The van der Waals surface area contributed by atoms with Gasteiger partial charge in [-0.3, -0.25) is 0 Å². The Morgan fingerprint density at radius 1 is 1.41 bits per heavy atom. The maximum Gasteiger partial charge on any atom is 0.0410 e. The van der Waals surface area contributed by atoms with Crippen molar-refractivity contribution in [2.45, 2.75) is 26.2 Å². The molecule has 1 saturated heterocycles. The van der Waals surface area contributed by atoms with Gasteiger partial charge in [0, 0.05) is 10.6 Å². The first kappa shape index (κ1) is 12.0. The van der Waals surface area contributed by atoms with Crippen molar-refractivity contribution in [2.24, 2.45) is 11.0 Å².